The van der Waals surface area contributed by atoms with E-state index in [2.05, 4.69) is 4.74 Å². The number of carbonyl (C=O) groups excluding carboxylic acids is 2. The normalized spacial score (nSPS) is 9.88. The zero-order valence-corrected chi connectivity index (χ0v) is 12.4. The number of para-hydroxylation sites is 1. The van der Waals surface area contributed by atoms with E-state index in [0.717, 1.165) is 23.1 Å². The monoisotopic (exact) mass is 330 g/mol. The zero-order chi connectivity index (χ0) is 17.5. The average molecular weight is 330 g/mol. The lowest BCUT2D eigenvalue weighted by Gasteiger charge is -2.19. The Morgan fingerprint density at radius 1 is 1.04 bits per heavy atom. The number of anilines is 1. The standard InChI is InChI=1S/C17H12F2N2O3/c18-13-7-4-8-14(19)16(13)17(23)24-11-15(22)21(10-9-20)12-5-2-1-3-6-12/h1-8H,10-11H2. The number of carbonyl (C=O) groups is 2. The fourth-order valence-corrected chi connectivity index (χ4v) is 1.97. The van der Waals surface area contributed by atoms with Crippen molar-refractivity contribution in [2.45, 2.75) is 0 Å². The fourth-order valence-electron chi connectivity index (χ4n) is 1.97. The maximum atomic E-state index is 13.5. The minimum Gasteiger partial charge on any atom is -0.452 e. The van der Waals surface area contributed by atoms with Crippen molar-refractivity contribution in [2.24, 2.45) is 0 Å². The maximum Gasteiger partial charge on any atom is 0.344 e. The van der Waals surface area contributed by atoms with Crippen LogP contribution in [0.4, 0.5) is 14.5 Å². The molecule has 0 fully saturated rings. The maximum absolute atomic E-state index is 13.5. The predicted molar refractivity (Wildman–Crippen MR) is 81.0 cm³/mol. The highest BCUT2D eigenvalue weighted by atomic mass is 19.1. The van der Waals surface area contributed by atoms with Gasteiger partial charge in [-0.25, -0.2) is 13.6 Å². The molecule has 0 bridgehead atoms. The van der Waals surface area contributed by atoms with Gasteiger partial charge in [0.15, 0.2) is 6.61 Å². The molecule has 0 aliphatic rings. The third-order valence-electron chi connectivity index (χ3n) is 3.09. The van der Waals surface area contributed by atoms with Gasteiger partial charge in [0.2, 0.25) is 0 Å². The van der Waals surface area contributed by atoms with Crippen LogP contribution in [0.3, 0.4) is 0 Å². The Kier molecular flexibility index (Phi) is 5.58. The fraction of sp³-hybridized carbons (Fsp3) is 0.118. The van der Waals surface area contributed by atoms with Gasteiger partial charge in [0, 0.05) is 5.69 Å². The Morgan fingerprint density at radius 2 is 1.67 bits per heavy atom. The van der Waals surface area contributed by atoms with E-state index >= 15 is 0 Å². The van der Waals surface area contributed by atoms with Gasteiger partial charge in [-0.3, -0.25) is 9.69 Å². The Balaban J connectivity index is 2.08. The van der Waals surface area contributed by atoms with E-state index in [9.17, 15) is 18.4 Å². The quantitative estimate of drug-likeness (QED) is 0.624. The molecule has 0 saturated heterocycles. The molecule has 0 spiro atoms. The van der Waals surface area contributed by atoms with Crippen molar-refractivity contribution < 1.29 is 23.1 Å². The summed E-state index contributed by atoms with van der Waals surface area (Å²) in [5.41, 5.74) is -0.422. The second kappa shape index (κ2) is 7.83. The van der Waals surface area contributed by atoms with Crippen molar-refractivity contribution in [1.82, 2.24) is 0 Å². The number of rotatable bonds is 5. The molecule has 0 radical (unpaired) electrons. The summed E-state index contributed by atoms with van der Waals surface area (Å²) in [4.78, 5) is 25.0. The van der Waals surface area contributed by atoms with Crippen molar-refractivity contribution in [3.63, 3.8) is 0 Å². The van der Waals surface area contributed by atoms with Crippen LogP contribution in [0.15, 0.2) is 48.5 Å². The second-order valence-corrected chi connectivity index (χ2v) is 4.65. The van der Waals surface area contributed by atoms with Gasteiger partial charge < -0.3 is 4.74 Å². The van der Waals surface area contributed by atoms with E-state index in [4.69, 9.17) is 5.26 Å². The van der Waals surface area contributed by atoms with E-state index in [0.29, 0.717) is 5.69 Å². The summed E-state index contributed by atoms with van der Waals surface area (Å²) in [5.74, 6) is -4.13. The molecule has 0 saturated carbocycles. The highest BCUT2D eigenvalue weighted by molar-refractivity contribution is 5.97. The molecule has 24 heavy (non-hydrogen) atoms. The summed E-state index contributed by atoms with van der Waals surface area (Å²) in [6.07, 6.45) is 0. The van der Waals surface area contributed by atoms with Gasteiger partial charge in [-0.15, -0.1) is 0 Å². The molecule has 7 heteroatoms. The smallest absolute Gasteiger partial charge is 0.344 e. The summed E-state index contributed by atoms with van der Waals surface area (Å²) in [6.45, 7) is -1.00. The van der Waals surface area contributed by atoms with Gasteiger partial charge >= 0.3 is 5.97 Å². The summed E-state index contributed by atoms with van der Waals surface area (Å²) in [7, 11) is 0. The van der Waals surface area contributed by atoms with Crippen LogP contribution in [0.1, 0.15) is 10.4 Å². The second-order valence-electron chi connectivity index (χ2n) is 4.65. The number of nitriles is 1. The van der Waals surface area contributed by atoms with Crippen molar-refractivity contribution in [3.05, 3.63) is 65.7 Å². The molecule has 2 aromatic rings. The molecule has 2 rings (SSSR count). The summed E-state index contributed by atoms with van der Waals surface area (Å²) >= 11 is 0. The lowest BCUT2D eigenvalue weighted by Crippen LogP contribution is -2.35. The van der Waals surface area contributed by atoms with Crippen LogP contribution >= 0.6 is 0 Å². The van der Waals surface area contributed by atoms with Gasteiger partial charge in [-0.05, 0) is 24.3 Å². The lowest BCUT2D eigenvalue weighted by atomic mass is 10.2. The van der Waals surface area contributed by atoms with Crippen LogP contribution in [0.2, 0.25) is 0 Å². The summed E-state index contributed by atoms with van der Waals surface area (Å²) in [5, 5.41) is 8.82. The van der Waals surface area contributed by atoms with Crippen LogP contribution in [0, 0.1) is 23.0 Å². The molecular weight excluding hydrogens is 318 g/mol. The van der Waals surface area contributed by atoms with E-state index in [1.807, 2.05) is 6.07 Å². The Labute approximate surface area is 136 Å². The van der Waals surface area contributed by atoms with Crippen molar-refractivity contribution in [2.75, 3.05) is 18.1 Å². The van der Waals surface area contributed by atoms with Gasteiger partial charge in [-0.1, -0.05) is 24.3 Å². The Morgan fingerprint density at radius 3 is 2.25 bits per heavy atom. The number of amides is 1. The first-order chi connectivity index (χ1) is 11.5. The van der Waals surface area contributed by atoms with E-state index in [1.54, 1.807) is 30.3 Å². The minimum atomic E-state index is -1.29. The number of ether oxygens (including phenoxy) is 1. The van der Waals surface area contributed by atoms with Crippen LogP contribution in [0.25, 0.3) is 0 Å². The number of hydrogen-bond acceptors (Lipinski definition) is 4. The van der Waals surface area contributed by atoms with Crippen LogP contribution in [-0.2, 0) is 9.53 Å². The van der Waals surface area contributed by atoms with Crippen molar-refractivity contribution >= 4 is 17.6 Å². The van der Waals surface area contributed by atoms with Gasteiger partial charge in [0.05, 0.1) is 6.07 Å². The number of nitrogens with zero attached hydrogens (tertiary/aromatic N) is 2. The molecule has 1 amide bonds. The first-order valence-corrected chi connectivity index (χ1v) is 6.88. The van der Waals surface area contributed by atoms with E-state index in [1.165, 1.54) is 0 Å². The van der Waals surface area contributed by atoms with Crippen molar-refractivity contribution in [1.29, 1.82) is 5.26 Å². The number of hydrogen-bond donors (Lipinski definition) is 0. The SMILES string of the molecule is N#CCN(C(=O)COC(=O)c1c(F)cccc1F)c1ccccc1. The molecule has 0 unspecified atom stereocenters. The summed E-state index contributed by atoms with van der Waals surface area (Å²) < 4.78 is 31.7. The van der Waals surface area contributed by atoms with Crippen LogP contribution in [0.5, 0.6) is 0 Å². The van der Waals surface area contributed by atoms with Crippen LogP contribution < -0.4 is 4.90 Å². The number of benzene rings is 2. The topological polar surface area (TPSA) is 70.4 Å². The molecule has 0 atom stereocenters. The number of esters is 1. The van der Waals surface area contributed by atoms with E-state index in [-0.39, 0.29) is 6.54 Å². The average Bonchev–Trinajstić information content (AvgIpc) is 2.58. The zero-order valence-electron chi connectivity index (χ0n) is 12.4. The van der Waals surface area contributed by atoms with Gasteiger partial charge in [0.1, 0.15) is 23.7 Å². The van der Waals surface area contributed by atoms with Crippen molar-refractivity contribution in [3.8, 4) is 6.07 Å². The molecule has 0 aliphatic heterocycles. The lowest BCUT2D eigenvalue weighted by molar-refractivity contribution is -0.121. The third-order valence-corrected chi connectivity index (χ3v) is 3.09. The molecule has 5 nitrogen and oxygen atoms in total. The highest BCUT2D eigenvalue weighted by Gasteiger charge is 2.22. The molecule has 2 aromatic carbocycles. The molecule has 0 heterocycles. The largest absolute Gasteiger partial charge is 0.452 e. The molecule has 0 aliphatic carbocycles. The van der Waals surface area contributed by atoms with Crippen LogP contribution in [-0.4, -0.2) is 25.0 Å². The first-order valence-electron chi connectivity index (χ1n) is 6.88. The predicted octanol–water partition coefficient (Wildman–Crippen LogP) is 2.68. The Bertz CT molecular complexity index is 768. The van der Waals surface area contributed by atoms with E-state index < -0.39 is 35.7 Å². The van der Waals surface area contributed by atoms with Gasteiger partial charge in [0.25, 0.3) is 5.91 Å². The molecular formula is C17H12F2N2O3. The molecule has 0 aromatic heterocycles. The summed E-state index contributed by atoms with van der Waals surface area (Å²) in [6, 6.07) is 13.1. The minimum absolute atomic E-state index is 0.255. The molecule has 0 N–H and O–H groups in total. The highest BCUT2D eigenvalue weighted by Crippen LogP contribution is 2.15. The van der Waals surface area contributed by atoms with Gasteiger partial charge in [-0.2, -0.15) is 5.26 Å². The number of halogens is 2. The Hall–Kier alpha value is -3.27. The third kappa shape index (κ3) is 3.93. The first kappa shape index (κ1) is 17.1. The molecule has 122 valence electrons.